The summed E-state index contributed by atoms with van der Waals surface area (Å²) in [5.41, 5.74) is 4.63. The van der Waals surface area contributed by atoms with Crippen molar-refractivity contribution in [3.8, 4) is 0 Å². The smallest absolute Gasteiger partial charge is 0.306 e. The largest absolute Gasteiger partial charge is 0.469 e. The first-order valence-electron chi connectivity index (χ1n) is 5.91. The molecule has 8 heteroatoms. The van der Waals surface area contributed by atoms with Gasteiger partial charge in [-0.1, -0.05) is 6.07 Å². The van der Waals surface area contributed by atoms with E-state index in [4.69, 9.17) is 0 Å². The maximum absolute atomic E-state index is 11.6. The lowest BCUT2D eigenvalue weighted by Crippen LogP contribution is -2.45. The number of ether oxygens (including phenoxy) is 1. The first-order chi connectivity index (χ1) is 9.52. The zero-order valence-corrected chi connectivity index (χ0v) is 12.2. The van der Waals surface area contributed by atoms with E-state index in [1.54, 1.807) is 29.5 Å². The van der Waals surface area contributed by atoms with Gasteiger partial charge in [-0.3, -0.25) is 30.1 Å². The van der Waals surface area contributed by atoms with Crippen LogP contribution in [0.3, 0.4) is 0 Å². The van der Waals surface area contributed by atoms with Crippen molar-refractivity contribution in [3.05, 3.63) is 22.4 Å². The summed E-state index contributed by atoms with van der Waals surface area (Å²) in [7, 11) is 3.01. The van der Waals surface area contributed by atoms with Gasteiger partial charge in [0.2, 0.25) is 0 Å². The Labute approximate surface area is 120 Å². The van der Waals surface area contributed by atoms with Gasteiger partial charge in [-0.2, -0.15) is 0 Å². The number of likely N-dealkylation sites (N-methyl/N-ethyl adjacent to an activating group) is 1. The predicted octanol–water partition coefficient (Wildman–Crippen LogP) is 0.00400. The minimum Gasteiger partial charge on any atom is -0.469 e. The van der Waals surface area contributed by atoms with E-state index in [2.05, 4.69) is 15.6 Å². The fraction of sp³-hybridized carbons (Fsp3) is 0.417. The van der Waals surface area contributed by atoms with Gasteiger partial charge in [0.15, 0.2) is 0 Å². The third-order valence-electron chi connectivity index (χ3n) is 2.40. The molecule has 1 aromatic rings. The molecule has 1 heterocycles. The molecule has 0 spiro atoms. The maximum Gasteiger partial charge on any atom is 0.306 e. The van der Waals surface area contributed by atoms with Crippen LogP contribution in [0.5, 0.6) is 0 Å². The van der Waals surface area contributed by atoms with Gasteiger partial charge in [-0.15, -0.1) is 11.3 Å². The van der Waals surface area contributed by atoms with Crippen LogP contribution in [0, 0.1) is 0 Å². The van der Waals surface area contributed by atoms with Crippen LogP contribution >= 0.6 is 11.3 Å². The van der Waals surface area contributed by atoms with Crippen molar-refractivity contribution < 1.29 is 19.1 Å². The van der Waals surface area contributed by atoms with E-state index in [0.717, 1.165) is 0 Å². The van der Waals surface area contributed by atoms with Crippen molar-refractivity contribution >= 4 is 29.1 Å². The Morgan fingerprint density at radius 2 is 2.10 bits per heavy atom. The van der Waals surface area contributed by atoms with Crippen LogP contribution in [-0.2, 0) is 14.3 Å². The number of hydrogen-bond donors (Lipinski definition) is 2. The van der Waals surface area contributed by atoms with Gasteiger partial charge in [0.1, 0.15) is 0 Å². The Hall–Kier alpha value is -1.93. The number of amides is 2. The van der Waals surface area contributed by atoms with Crippen LogP contribution < -0.4 is 10.9 Å². The number of carbonyl (C=O) groups excluding carboxylic acids is 3. The summed E-state index contributed by atoms with van der Waals surface area (Å²) in [6.45, 7) is 0.473. The summed E-state index contributed by atoms with van der Waals surface area (Å²) < 4.78 is 4.50. The summed E-state index contributed by atoms with van der Waals surface area (Å²) in [6.07, 6.45) is 0.210. The van der Waals surface area contributed by atoms with Crippen molar-refractivity contribution in [2.45, 2.75) is 6.42 Å². The Bertz CT molecular complexity index is 461. The maximum atomic E-state index is 11.6. The average molecular weight is 299 g/mol. The number of hydrogen-bond acceptors (Lipinski definition) is 6. The Kier molecular flexibility index (Phi) is 6.68. The standard InChI is InChI=1S/C12H17N3O4S/c1-15(6-5-11(17)19-2)8-10(16)13-14-12(18)9-4-3-7-20-9/h3-4,7H,5-6,8H2,1-2H3,(H,13,16)(H,14,18). The fourth-order valence-corrected chi connectivity index (χ4v) is 1.96. The van der Waals surface area contributed by atoms with E-state index in [9.17, 15) is 14.4 Å². The molecule has 0 unspecified atom stereocenters. The van der Waals surface area contributed by atoms with Crippen LogP contribution in [0.25, 0.3) is 0 Å². The Morgan fingerprint density at radius 3 is 2.70 bits per heavy atom. The summed E-state index contributed by atoms with van der Waals surface area (Å²) in [5, 5.41) is 1.78. The van der Waals surface area contributed by atoms with Gasteiger partial charge < -0.3 is 4.74 Å². The molecule has 0 fully saturated rings. The normalized spacial score (nSPS) is 10.2. The number of nitrogens with zero attached hydrogens (tertiary/aromatic N) is 1. The number of esters is 1. The molecule has 7 nitrogen and oxygen atoms in total. The highest BCUT2D eigenvalue weighted by Gasteiger charge is 2.11. The van der Waals surface area contributed by atoms with Gasteiger partial charge in [0.05, 0.1) is 25.0 Å². The van der Waals surface area contributed by atoms with Gasteiger partial charge >= 0.3 is 5.97 Å². The van der Waals surface area contributed by atoms with Gasteiger partial charge in [-0.05, 0) is 18.5 Å². The van der Waals surface area contributed by atoms with Crippen LogP contribution in [0.4, 0.5) is 0 Å². The zero-order chi connectivity index (χ0) is 15.0. The van der Waals surface area contributed by atoms with Crippen molar-refractivity contribution in [1.82, 2.24) is 15.8 Å². The van der Waals surface area contributed by atoms with Gasteiger partial charge in [-0.25, -0.2) is 0 Å². The molecule has 2 amide bonds. The van der Waals surface area contributed by atoms with Crippen molar-refractivity contribution in [1.29, 1.82) is 0 Å². The Morgan fingerprint density at radius 1 is 1.35 bits per heavy atom. The molecule has 1 rings (SSSR count). The van der Waals surface area contributed by atoms with E-state index in [1.165, 1.54) is 18.4 Å². The second-order valence-corrected chi connectivity index (χ2v) is 4.99. The number of nitrogens with one attached hydrogen (secondary N) is 2. The van der Waals surface area contributed by atoms with Gasteiger partial charge in [0, 0.05) is 6.54 Å². The first kappa shape index (κ1) is 16.1. The lowest BCUT2D eigenvalue weighted by atomic mass is 10.4. The third-order valence-corrected chi connectivity index (χ3v) is 3.27. The summed E-state index contributed by atoms with van der Waals surface area (Å²) >= 11 is 1.29. The SMILES string of the molecule is COC(=O)CCN(C)CC(=O)NNC(=O)c1cccs1. The summed E-state index contributed by atoms with van der Waals surface area (Å²) in [6, 6.07) is 3.41. The van der Waals surface area contributed by atoms with E-state index in [0.29, 0.717) is 11.4 Å². The second kappa shape index (κ2) is 8.28. The third kappa shape index (κ3) is 5.81. The molecule has 0 aliphatic heterocycles. The number of methoxy groups -OCH3 is 1. The molecule has 0 bridgehead atoms. The van der Waals surface area contributed by atoms with Crippen LogP contribution in [0.1, 0.15) is 16.1 Å². The summed E-state index contributed by atoms with van der Waals surface area (Å²) in [5.74, 6) is -1.05. The molecule has 2 N–H and O–H groups in total. The minimum absolute atomic E-state index is 0.0711. The van der Waals surface area contributed by atoms with E-state index in [1.807, 2.05) is 0 Å². The highest BCUT2D eigenvalue weighted by atomic mass is 32.1. The fourth-order valence-electron chi connectivity index (χ4n) is 1.34. The lowest BCUT2D eigenvalue weighted by Gasteiger charge is -2.15. The second-order valence-electron chi connectivity index (χ2n) is 4.04. The highest BCUT2D eigenvalue weighted by molar-refractivity contribution is 7.12. The molecule has 0 radical (unpaired) electrons. The molecule has 1 aromatic heterocycles. The predicted molar refractivity (Wildman–Crippen MR) is 74.1 cm³/mol. The number of hydrazine groups is 1. The van der Waals surface area contributed by atoms with Crippen molar-refractivity contribution in [2.24, 2.45) is 0 Å². The van der Waals surface area contributed by atoms with E-state index >= 15 is 0 Å². The summed E-state index contributed by atoms with van der Waals surface area (Å²) in [4.78, 5) is 36.2. The molecule has 0 aromatic carbocycles. The monoisotopic (exact) mass is 299 g/mol. The van der Waals surface area contributed by atoms with E-state index in [-0.39, 0.29) is 30.7 Å². The van der Waals surface area contributed by atoms with Crippen LogP contribution in [0.15, 0.2) is 17.5 Å². The highest BCUT2D eigenvalue weighted by Crippen LogP contribution is 2.06. The molecule has 0 aliphatic rings. The number of carbonyl (C=O) groups is 3. The van der Waals surface area contributed by atoms with Crippen molar-refractivity contribution in [3.63, 3.8) is 0 Å². The number of rotatable bonds is 6. The Balaban J connectivity index is 2.23. The van der Waals surface area contributed by atoms with Gasteiger partial charge in [0.25, 0.3) is 11.8 Å². The average Bonchev–Trinajstić information content (AvgIpc) is 2.96. The zero-order valence-electron chi connectivity index (χ0n) is 11.3. The topological polar surface area (TPSA) is 87.7 Å². The molecule has 0 saturated heterocycles. The van der Waals surface area contributed by atoms with Crippen LogP contribution in [0.2, 0.25) is 0 Å². The van der Waals surface area contributed by atoms with E-state index < -0.39 is 0 Å². The quantitative estimate of drug-likeness (QED) is 0.570. The molecule has 0 atom stereocenters. The first-order valence-corrected chi connectivity index (χ1v) is 6.79. The molecule has 0 aliphatic carbocycles. The molecule has 0 saturated carbocycles. The van der Waals surface area contributed by atoms with Crippen molar-refractivity contribution in [2.75, 3.05) is 27.2 Å². The molecule has 110 valence electrons. The molecular weight excluding hydrogens is 282 g/mol. The molecule has 20 heavy (non-hydrogen) atoms. The van der Waals surface area contributed by atoms with Crippen LogP contribution in [-0.4, -0.2) is 49.9 Å². The number of thiophene rings is 1. The lowest BCUT2D eigenvalue weighted by molar-refractivity contribution is -0.141. The minimum atomic E-state index is -0.359. The molecular formula is C12H17N3O4S.